The van der Waals surface area contributed by atoms with Crippen LogP contribution in [0.5, 0.6) is 0 Å². The summed E-state index contributed by atoms with van der Waals surface area (Å²) in [6.45, 7) is 0.696. The quantitative estimate of drug-likeness (QED) is 0.945. The molecule has 1 aromatic carbocycles. The molecule has 122 valence electrons. The highest BCUT2D eigenvalue weighted by molar-refractivity contribution is 6.07. The highest BCUT2D eigenvalue weighted by Gasteiger charge is 2.26. The monoisotopic (exact) mass is 321 g/mol. The zero-order chi connectivity index (χ0) is 16.5. The molecule has 1 saturated carbocycles. The van der Waals surface area contributed by atoms with Crippen LogP contribution >= 0.6 is 0 Å². The van der Waals surface area contributed by atoms with E-state index >= 15 is 0 Å². The maximum absolute atomic E-state index is 12.9. The fourth-order valence-electron chi connectivity index (χ4n) is 3.08. The number of anilines is 1. The van der Waals surface area contributed by atoms with E-state index in [1.165, 1.54) is 11.8 Å². The van der Waals surface area contributed by atoms with Crippen LogP contribution in [0, 0.1) is 0 Å². The predicted octanol–water partition coefficient (Wildman–Crippen LogP) is 2.57. The Hall–Kier alpha value is -2.69. The molecule has 24 heavy (non-hydrogen) atoms. The smallest absolute Gasteiger partial charge is 0.270 e. The molecule has 5 heteroatoms. The summed E-state index contributed by atoms with van der Waals surface area (Å²) >= 11 is 0. The molecule has 2 aromatic rings. The minimum atomic E-state index is -0.203. The zero-order valence-corrected chi connectivity index (χ0v) is 13.4. The van der Waals surface area contributed by atoms with E-state index in [-0.39, 0.29) is 17.9 Å². The topological polar surface area (TPSA) is 62.3 Å². The van der Waals surface area contributed by atoms with Crippen LogP contribution in [0.3, 0.4) is 0 Å². The fraction of sp³-hybridized carbons (Fsp3) is 0.316. The van der Waals surface area contributed by atoms with Gasteiger partial charge in [0.15, 0.2) is 0 Å². The lowest BCUT2D eigenvalue weighted by atomic mass is 10.0. The number of nitrogens with zero attached hydrogens (tertiary/aromatic N) is 2. The molecule has 2 amide bonds. The molecule has 2 heterocycles. The number of aromatic nitrogens is 1. The Labute approximate surface area is 140 Å². The van der Waals surface area contributed by atoms with Gasteiger partial charge in [-0.05, 0) is 49.4 Å². The van der Waals surface area contributed by atoms with Gasteiger partial charge in [-0.25, -0.2) is 0 Å². The van der Waals surface area contributed by atoms with Crippen molar-refractivity contribution in [2.45, 2.75) is 31.7 Å². The molecular weight excluding hydrogens is 302 g/mol. The van der Waals surface area contributed by atoms with Crippen molar-refractivity contribution in [3.63, 3.8) is 0 Å². The number of para-hydroxylation sites is 1. The molecule has 1 aliphatic heterocycles. The minimum absolute atomic E-state index is 0.0787. The number of carbonyl (C=O) groups is 2. The molecule has 1 N–H and O–H groups in total. The molecule has 1 aliphatic carbocycles. The van der Waals surface area contributed by atoms with Crippen LogP contribution in [0.1, 0.15) is 45.7 Å². The number of carbonyl (C=O) groups excluding carboxylic acids is 2. The molecule has 1 fully saturated rings. The maximum atomic E-state index is 12.9. The Kier molecular flexibility index (Phi) is 3.76. The normalized spacial score (nSPS) is 16.4. The highest BCUT2D eigenvalue weighted by Crippen LogP contribution is 2.28. The lowest BCUT2D eigenvalue weighted by molar-refractivity contribution is 0.0946. The van der Waals surface area contributed by atoms with Gasteiger partial charge in [-0.1, -0.05) is 18.2 Å². The Morgan fingerprint density at radius 1 is 1.17 bits per heavy atom. The van der Waals surface area contributed by atoms with Crippen LogP contribution in [-0.4, -0.2) is 29.4 Å². The van der Waals surface area contributed by atoms with E-state index in [9.17, 15) is 9.59 Å². The number of rotatable bonds is 3. The second-order valence-corrected chi connectivity index (χ2v) is 6.37. The van der Waals surface area contributed by atoms with Crippen LogP contribution in [0.2, 0.25) is 0 Å². The first-order chi connectivity index (χ1) is 11.7. The van der Waals surface area contributed by atoms with Crippen LogP contribution < -0.4 is 10.2 Å². The van der Waals surface area contributed by atoms with Crippen molar-refractivity contribution in [1.82, 2.24) is 10.3 Å². The number of benzene rings is 1. The number of nitrogens with one attached hydrogen (secondary N) is 1. The molecule has 0 bridgehead atoms. The number of fused-ring (bicyclic) bond motifs is 1. The molecule has 0 unspecified atom stereocenters. The number of hydrogen-bond donors (Lipinski definition) is 1. The molecule has 0 atom stereocenters. The average Bonchev–Trinajstić information content (AvgIpc) is 3.44. The highest BCUT2D eigenvalue weighted by atomic mass is 16.2. The third-order valence-electron chi connectivity index (χ3n) is 4.51. The molecule has 0 radical (unpaired) electrons. The van der Waals surface area contributed by atoms with Crippen molar-refractivity contribution in [3.8, 4) is 0 Å². The van der Waals surface area contributed by atoms with Crippen molar-refractivity contribution in [2.24, 2.45) is 0 Å². The van der Waals surface area contributed by atoms with Gasteiger partial charge in [0.1, 0.15) is 5.69 Å². The second kappa shape index (κ2) is 6.07. The third kappa shape index (κ3) is 2.89. The zero-order valence-electron chi connectivity index (χ0n) is 13.4. The third-order valence-corrected chi connectivity index (χ3v) is 4.51. The molecule has 0 saturated heterocycles. The van der Waals surface area contributed by atoms with Crippen molar-refractivity contribution in [3.05, 3.63) is 59.4 Å². The molecule has 0 spiro atoms. The van der Waals surface area contributed by atoms with Gasteiger partial charge >= 0.3 is 0 Å². The van der Waals surface area contributed by atoms with E-state index in [0.717, 1.165) is 31.4 Å². The van der Waals surface area contributed by atoms with Gasteiger partial charge in [0.05, 0.1) is 0 Å². The number of amides is 2. The summed E-state index contributed by atoms with van der Waals surface area (Å²) in [4.78, 5) is 31.0. The molecule has 5 nitrogen and oxygen atoms in total. The largest absolute Gasteiger partial charge is 0.348 e. The fourth-order valence-corrected chi connectivity index (χ4v) is 3.08. The number of hydrogen-bond acceptors (Lipinski definition) is 3. The Balaban J connectivity index is 1.60. The van der Waals surface area contributed by atoms with E-state index in [1.54, 1.807) is 17.0 Å². The SMILES string of the molecule is O=C(NC1CC1)c1cc(C(=O)N2CCCc3ccccc32)ccn1. The second-order valence-electron chi connectivity index (χ2n) is 6.37. The summed E-state index contributed by atoms with van der Waals surface area (Å²) in [6.07, 6.45) is 5.52. The Morgan fingerprint density at radius 3 is 2.83 bits per heavy atom. The lowest BCUT2D eigenvalue weighted by Gasteiger charge is -2.29. The minimum Gasteiger partial charge on any atom is -0.348 e. The van der Waals surface area contributed by atoms with Crippen LogP contribution in [0.15, 0.2) is 42.6 Å². The van der Waals surface area contributed by atoms with E-state index in [0.29, 0.717) is 17.8 Å². The summed E-state index contributed by atoms with van der Waals surface area (Å²) in [7, 11) is 0. The van der Waals surface area contributed by atoms with Crippen LogP contribution in [0.4, 0.5) is 5.69 Å². The Morgan fingerprint density at radius 2 is 2.00 bits per heavy atom. The molecule has 4 rings (SSSR count). The Bertz CT molecular complexity index is 799. The average molecular weight is 321 g/mol. The number of pyridine rings is 1. The summed E-state index contributed by atoms with van der Waals surface area (Å²) in [5, 5.41) is 2.91. The maximum Gasteiger partial charge on any atom is 0.270 e. The van der Waals surface area contributed by atoms with E-state index in [1.807, 2.05) is 18.2 Å². The van der Waals surface area contributed by atoms with Gasteiger partial charge in [0.2, 0.25) is 0 Å². The summed E-state index contributed by atoms with van der Waals surface area (Å²) < 4.78 is 0. The standard InChI is InChI=1S/C19H19N3O2/c23-18(21-15-7-8-15)16-12-14(9-10-20-16)19(24)22-11-3-5-13-4-1-2-6-17(13)22/h1-2,4,6,9-10,12,15H,3,5,7-8,11H2,(H,21,23). The molecule has 2 aliphatic rings. The van der Waals surface area contributed by atoms with E-state index in [4.69, 9.17) is 0 Å². The van der Waals surface area contributed by atoms with Crippen molar-refractivity contribution in [1.29, 1.82) is 0 Å². The van der Waals surface area contributed by atoms with Gasteiger partial charge in [-0.2, -0.15) is 0 Å². The summed E-state index contributed by atoms with van der Waals surface area (Å²) in [6, 6.07) is 11.5. The van der Waals surface area contributed by atoms with E-state index < -0.39 is 0 Å². The van der Waals surface area contributed by atoms with Crippen molar-refractivity contribution >= 4 is 17.5 Å². The lowest BCUT2D eigenvalue weighted by Crippen LogP contribution is -2.35. The van der Waals surface area contributed by atoms with Crippen LogP contribution in [0.25, 0.3) is 0 Å². The van der Waals surface area contributed by atoms with Crippen molar-refractivity contribution in [2.75, 3.05) is 11.4 Å². The first-order valence-corrected chi connectivity index (χ1v) is 8.39. The molecular formula is C19H19N3O2. The van der Waals surface area contributed by atoms with Gasteiger partial charge in [0.25, 0.3) is 11.8 Å². The van der Waals surface area contributed by atoms with E-state index in [2.05, 4.69) is 16.4 Å². The summed E-state index contributed by atoms with van der Waals surface area (Å²) in [5.74, 6) is -0.281. The van der Waals surface area contributed by atoms with Crippen LogP contribution in [-0.2, 0) is 6.42 Å². The van der Waals surface area contributed by atoms with Gasteiger partial charge in [-0.3, -0.25) is 14.6 Å². The number of aryl methyl sites for hydroxylation is 1. The van der Waals surface area contributed by atoms with Gasteiger partial charge < -0.3 is 10.2 Å². The van der Waals surface area contributed by atoms with Gasteiger partial charge in [-0.15, -0.1) is 0 Å². The van der Waals surface area contributed by atoms with Gasteiger partial charge in [0, 0.05) is 30.0 Å². The predicted molar refractivity (Wildman–Crippen MR) is 91.2 cm³/mol. The first-order valence-electron chi connectivity index (χ1n) is 8.39. The summed E-state index contributed by atoms with van der Waals surface area (Å²) in [5.41, 5.74) is 2.97. The van der Waals surface area contributed by atoms with Crippen molar-refractivity contribution < 1.29 is 9.59 Å². The molecule has 1 aromatic heterocycles. The first kappa shape index (κ1) is 14.9.